The van der Waals surface area contributed by atoms with Crippen molar-refractivity contribution >= 4 is 33.5 Å². The summed E-state index contributed by atoms with van der Waals surface area (Å²) in [4.78, 5) is 10.5. The quantitative estimate of drug-likeness (QED) is 0.928. The van der Waals surface area contributed by atoms with E-state index in [1.165, 1.54) is 6.92 Å². The molecule has 0 heterocycles. The van der Waals surface area contributed by atoms with E-state index in [-0.39, 0.29) is 6.61 Å². The Kier molecular flexibility index (Phi) is 4.57. The minimum absolute atomic E-state index is 0.194. The van der Waals surface area contributed by atoms with Crippen molar-refractivity contribution in [2.24, 2.45) is 0 Å². The lowest BCUT2D eigenvalue weighted by Crippen LogP contribution is -2.19. The van der Waals surface area contributed by atoms with Crippen molar-refractivity contribution in [1.29, 1.82) is 0 Å². The number of hydrogen-bond donors (Lipinski definition) is 1. The Bertz CT molecular complexity index is 368. The zero-order valence-corrected chi connectivity index (χ0v) is 10.4. The fourth-order valence-electron chi connectivity index (χ4n) is 0.925. The number of carboxylic acids is 1. The predicted molar refractivity (Wildman–Crippen MR) is 61.0 cm³/mol. The molecule has 0 saturated heterocycles. The van der Waals surface area contributed by atoms with Crippen LogP contribution in [0.2, 0.25) is 5.02 Å². The van der Waals surface area contributed by atoms with Crippen LogP contribution in [0.3, 0.4) is 0 Å². The SMILES string of the molecule is C[C@@H](OCc1ccc(Br)cc1Cl)C(=O)O. The number of halogens is 2. The average molecular weight is 294 g/mol. The minimum Gasteiger partial charge on any atom is -0.479 e. The maximum Gasteiger partial charge on any atom is 0.332 e. The van der Waals surface area contributed by atoms with Crippen molar-refractivity contribution in [3.8, 4) is 0 Å². The molecule has 1 N–H and O–H groups in total. The lowest BCUT2D eigenvalue weighted by atomic mass is 10.2. The fraction of sp³-hybridized carbons (Fsp3) is 0.300. The molecule has 1 atom stereocenters. The Hall–Kier alpha value is -0.580. The molecule has 0 aromatic heterocycles. The van der Waals surface area contributed by atoms with Crippen molar-refractivity contribution in [1.82, 2.24) is 0 Å². The number of aliphatic carboxylic acids is 1. The van der Waals surface area contributed by atoms with E-state index in [2.05, 4.69) is 15.9 Å². The Morgan fingerprint density at radius 2 is 2.33 bits per heavy atom. The van der Waals surface area contributed by atoms with Crippen molar-refractivity contribution in [2.45, 2.75) is 19.6 Å². The molecule has 15 heavy (non-hydrogen) atoms. The highest BCUT2D eigenvalue weighted by Gasteiger charge is 2.11. The summed E-state index contributed by atoms with van der Waals surface area (Å²) >= 11 is 9.22. The van der Waals surface area contributed by atoms with Gasteiger partial charge in [-0.15, -0.1) is 0 Å². The van der Waals surface area contributed by atoms with Gasteiger partial charge in [0.15, 0.2) is 6.10 Å². The molecule has 3 nitrogen and oxygen atoms in total. The van der Waals surface area contributed by atoms with E-state index in [0.717, 1.165) is 10.0 Å². The van der Waals surface area contributed by atoms with Gasteiger partial charge < -0.3 is 9.84 Å². The molecule has 0 bridgehead atoms. The zero-order valence-electron chi connectivity index (χ0n) is 8.04. The number of carboxylic acid groups (broad SMARTS) is 1. The lowest BCUT2D eigenvalue weighted by molar-refractivity contribution is -0.149. The van der Waals surface area contributed by atoms with Crippen LogP contribution >= 0.6 is 27.5 Å². The van der Waals surface area contributed by atoms with Crippen LogP contribution in [0, 0.1) is 0 Å². The smallest absolute Gasteiger partial charge is 0.332 e. The summed E-state index contributed by atoms with van der Waals surface area (Å²) in [5.74, 6) is -0.983. The highest BCUT2D eigenvalue weighted by molar-refractivity contribution is 9.10. The lowest BCUT2D eigenvalue weighted by Gasteiger charge is -2.09. The van der Waals surface area contributed by atoms with E-state index >= 15 is 0 Å². The predicted octanol–water partition coefficient (Wildman–Crippen LogP) is 3.09. The maximum absolute atomic E-state index is 10.5. The summed E-state index contributed by atoms with van der Waals surface area (Å²) in [6, 6.07) is 5.36. The Morgan fingerprint density at radius 1 is 1.67 bits per heavy atom. The van der Waals surface area contributed by atoms with Crippen molar-refractivity contribution in [3.05, 3.63) is 33.3 Å². The van der Waals surface area contributed by atoms with Gasteiger partial charge in [-0.25, -0.2) is 4.79 Å². The van der Waals surface area contributed by atoms with Crippen LogP contribution in [0.5, 0.6) is 0 Å². The first-order valence-corrected chi connectivity index (χ1v) is 5.46. The molecule has 0 aliphatic rings. The van der Waals surface area contributed by atoms with Crippen LogP contribution in [0.4, 0.5) is 0 Å². The van der Waals surface area contributed by atoms with Gasteiger partial charge in [0, 0.05) is 9.50 Å². The van der Waals surface area contributed by atoms with Crippen LogP contribution in [-0.4, -0.2) is 17.2 Å². The Balaban J connectivity index is 2.62. The van der Waals surface area contributed by atoms with E-state index in [9.17, 15) is 4.79 Å². The summed E-state index contributed by atoms with van der Waals surface area (Å²) in [5, 5.41) is 9.17. The van der Waals surface area contributed by atoms with Gasteiger partial charge in [-0.3, -0.25) is 0 Å². The van der Waals surface area contributed by atoms with Crippen molar-refractivity contribution in [2.75, 3.05) is 0 Å². The van der Waals surface area contributed by atoms with Crippen LogP contribution in [0.25, 0.3) is 0 Å². The Morgan fingerprint density at radius 3 is 2.87 bits per heavy atom. The first-order valence-electron chi connectivity index (χ1n) is 4.29. The number of rotatable bonds is 4. The van der Waals surface area contributed by atoms with Crippen LogP contribution < -0.4 is 0 Å². The Labute approximate surface area is 101 Å². The van der Waals surface area contributed by atoms with Crippen molar-refractivity contribution in [3.63, 3.8) is 0 Å². The molecule has 5 heteroatoms. The molecule has 0 amide bonds. The van der Waals surface area contributed by atoms with Gasteiger partial charge in [-0.2, -0.15) is 0 Å². The average Bonchev–Trinajstić information content (AvgIpc) is 2.15. The molecular formula is C10H10BrClO3. The summed E-state index contributed by atoms with van der Waals surface area (Å²) in [7, 11) is 0. The van der Waals surface area contributed by atoms with Gasteiger partial charge in [0.1, 0.15) is 0 Å². The van der Waals surface area contributed by atoms with Crippen LogP contribution in [-0.2, 0) is 16.1 Å². The molecular weight excluding hydrogens is 283 g/mol. The first kappa shape index (κ1) is 12.5. The zero-order chi connectivity index (χ0) is 11.4. The minimum atomic E-state index is -0.983. The van der Waals surface area contributed by atoms with Crippen LogP contribution in [0.1, 0.15) is 12.5 Å². The number of carbonyl (C=O) groups is 1. The standard InChI is InChI=1S/C10H10BrClO3/c1-6(10(13)14)15-5-7-2-3-8(11)4-9(7)12/h2-4,6H,5H2,1H3,(H,13,14)/t6-/m1/s1. The van der Waals surface area contributed by atoms with E-state index < -0.39 is 12.1 Å². The normalized spacial score (nSPS) is 12.5. The summed E-state index contributed by atoms with van der Waals surface area (Å²) in [5.41, 5.74) is 0.771. The van der Waals surface area contributed by atoms with Gasteiger partial charge in [0.05, 0.1) is 6.61 Å². The number of ether oxygens (including phenoxy) is 1. The van der Waals surface area contributed by atoms with Crippen LogP contribution in [0.15, 0.2) is 22.7 Å². The van der Waals surface area contributed by atoms with Crippen molar-refractivity contribution < 1.29 is 14.6 Å². The molecule has 0 aliphatic carbocycles. The second-order valence-corrected chi connectivity index (χ2v) is 4.35. The van der Waals surface area contributed by atoms with E-state index in [1.54, 1.807) is 12.1 Å². The first-order chi connectivity index (χ1) is 7.00. The molecule has 1 rings (SSSR count). The van der Waals surface area contributed by atoms with Gasteiger partial charge in [-0.1, -0.05) is 33.6 Å². The number of hydrogen-bond acceptors (Lipinski definition) is 2. The molecule has 0 fully saturated rings. The third kappa shape index (κ3) is 3.81. The van der Waals surface area contributed by atoms with E-state index in [0.29, 0.717) is 5.02 Å². The largest absolute Gasteiger partial charge is 0.479 e. The molecule has 0 aliphatic heterocycles. The monoisotopic (exact) mass is 292 g/mol. The fourth-order valence-corrected chi connectivity index (χ4v) is 1.65. The molecule has 0 spiro atoms. The second-order valence-electron chi connectivity index (χ2n) is 3.03. The highest BCUT2D eigenvalue weighted by atomic mass is 79.9. The molecule has 82 valence electrons. The number of benzene rings is 1. The van der Waals surface area contributed by atoms with Gasteiger partial charge >= 0.3 is 5.97 Å². The summed E-state index contributed by atoms with van der Waals surface area (Å²) in [6.45, 7) is 1.68. The molecule has 0 unspecified atom stereocenters. The summed E-state index contributed by atoms with van der Waals surface area (Å²) in [6.07, 6.45) is -0.829. The second kappa shape index (κ2) is 5.49. The molecule has 0 saturated carbocycles. The molecule has 1 aromatic rings. The van der Waals surface area contributed by atoms with Gasteiger partial charge in [-0.05, 0) is 24.6 Å². The molecule has 1 aromatic carbocycles. The van der Waals surface area contributed by atoms with Gasteiger partial charge in [0.2, 0.25) is 0 Å². The topological polar surface area (TPSA) is 46.5 Å². The third-order valence-electron chi connectivity index (χ3n) is 1.85. The molecule has 0 radical (unpaired) electrons. The summed E-state index contributed by atoms with van der Waals surface area (Å²) < 4.78 is 5.99. The third-order valence-corrected chi connectivity index (χ3v) is 2.70. The van der Waals surface area contributed by atoms with Gasteiger partial charge in [0.25, 0.3) is 0 Å². The van der Waals surface area contributed by atoms with E-state index in [4.69, 9.17) is 21.4 Å². The van der Waals surface area contributed by atoms with E-state index in [1.807, 2.05) is 6.07 Å². The maximum atomic E-state index is 10.5. The highest BCUT2D eigenvalue weighted by Crippen LogP contribution is 2.22.